The zero-order valence-corrected chi connectivity index (χ0v) is 8.48. The largest absolute Gasteiger partial charge is 0.393 e. The van der Waals surface area contributed by atoms with E-state index < -0.39 is 0 Å². The molecule has 0 spiro atoms. The second-order valence-corrected chi connectivity index (χ2v) is 4.31. The Hall–Kier alpha value is -0.870. The van der Waals surface area contributed by atoms with Gasteiger partial charge in [-0.25, -0.2) is 4.98 Å². The topological polar surface area (TPSA) is 64.1 Å². The van der Waals surface area contributed by atoms with Crippen molar-refractivity contribution in [3.05, 3.63) is 18.2 Å². The van der Waals surface area contributed by atoms with Crippen molar-refractivity contribution in [2.75, 3.05) is 0 Å². The molecular formula is C10H17N3O. The molecule has 1 heterocycles. The molecule has 78 valence electrons. The number of imidazole rings is 1. The molecule has 0 saturated heterocycles. The van der Waals surface area contributed by atoms with Gasteiger partial charge < -0.3 is 15.4 Å². The molecule has 3 N–H and O–H groups in total. The lowest BCUT2D eigenvalue weighted by molar-refractivity contribution is 0.0957. The number of aliphatic hydroxyl groups excluding tert-OH is 1. The Balaban J connectivity index is 2.16. The second-order valence-electron chi connectivity index (χ2n) is 4.31. The predicted octanol–water partition coefficient (Wildman–Crippen LogP) is 0.509. The molecule has 0 unspecified atom stereocenters. The quantitative estimate of drug-likeness (QED) is 0.686. The van der Waals surface area contributed by atoms with Gasteiger partial charge in [0, 0.05) is 13.2 Å². The van der Waals surface area contributed by atoms with E-state index in [0.29, 0.717) is 0 Å². The van der Waals surface area contributed by atoms with Crippen molar-refractivity contribution in [1.29, 1.82) is 0 Å². The van der Waals surface area contributed by atoms with E-state index in [0.717, 1.165) is 31.4 Å². The summed E-state index contributed by atoms with van der Waals surface area (Å²) in [6, 6.07) is 0. The molecule has 4 heteroatoms. The second kappa shape index (κ2) is 3.37. The van der Waals surface area contributed by atoms with E-state index >= 15 is 0 Å². The number of hydrogen-bond donors (Lipinski definition) is 2. The molecule has 2 rings (SSSR count). The first-order valence-electron chi connectivity index (χ1n) is 5.05. The maximum atomic E-state index is 9.41. The SMILES string of the molecule is Cn1cnc(C2(N)CCC(O)CC2)c1. The van der Waals surface area contributed by atoms with Gasteiger partial charge in [-0.2, -0.15) is 0 Å². The maximum absolute atomic E-state index is 9.41. The molecule has 0 radical (unpaired) electrons. The smallest absolute Gasteiger partial charge is 0.0947 e. The van der Waals surface area contributed by atoms with Crippen LogP contribution in [0, 0.1) is 0 Å². The van der Waals surface area contributed by atoms with Gasteiger partial charge in [-0.05, 0) is 25.7 Å². The van der Waals surface area contributed by atoms with E-state index in [1.807, 2.05) is 17.8 Å². The number of hydrogen-bond acceptors (Lipinski definition) is 3. The predicted molar refractivity (Wildman–Crippen MR) is 53.5 cm³/mol. The highest BCUT2D eigenvalue weighted by atomic mass is 16.3. The van der Waals surface area contributed by atoms with Crippen LogP contribution in [0.25, 0.3) is 0 Å². The molecular weight excluding hydrogens is 178 g/mol. The van der Waals surface area contributed by atoms with Crippen molar-refractivity contribution in [2.45, 2.75) is 37.3 Å². The van der Waals surface area contributed by atoms with Gasteiger partial charge in [0.15, 0.2) is 0 Å². The van der Waals surface area contributed by atoms with Gasteiger partial charge in [0.25, 0.3) is 0 Å². The van der Waals surface area contributed by atoms with Crippen LogP contribution in [0.15, 0.2) is 12.5 Å². The Morgan fingerprint density at radius 1 is 1.57 bits per heavy atom. The summed E-state index contributed by atoms with van der Waals surface area (Å²) in [5.74, 6) is 0. The van der Waals surface area contributed by atoms with E-state index in [2.05, 4.69) is 4.98 Å². The van der Waals surface area contributed by atoms with Gasteiger partial charge in [0.1, 0.15) is 0 Å². The van der Waals surface area contributed by atoms with Crippen LogP contribution in [-0.2, 0) is 12.6 Å². The standard InChI is InChI=1S/C10H17N3O/c1-13-6-9(12-7-13)10(11)4-2-8(14)3-5-10/h6-8,14H,2-5,11H2,1H3. The van der Waals surface area contributed by atoms with E-state index in [4.69, 9.17) is 5.73 Å². The van der Waals surface area contributed by atoms with Crippen molar-refractivity contribution in [3.63, 3.8) is 0 Å². The molecule has 0 amide bonds. The first-order valence-corrected chi connectivity index (χ1v) is 5.05. The Bertz CT molecular complexity index is 313. The molecule has 1 aliphatic rings. The van der Waals surface area contributed by atoms with Crippen LogP contribution < -0.4 is 5.73 Å². The highest BCUT2D eigenvalue weighted by molar-refractivity contribution is 5.13. The summed E-state index contributed by atoms with van der Waals surface area (Å²) in [5.41, 5.74) is 6.90. The third-order valence-corrected chi connectivity index (χ3v) is 3.06. The highest BCUT2D eigenvalue weighted by Crippen LogP contribution is 2.33. The van der Waals surface area contributed by atoms with Crippen LogP contribution in [0.2, 0.25) is 0 Å². The molecule has 0 aromatic carbocycles. The van der Waals surface area contributed by atoms with E-state index in [1.54, 1.807) is 6.33 Å². The van der Waals surface area contributed by atoms with E-state index in [9.17, 15) is 5.11 Å². The summed E-state index contributed by atoms with van der Waals surface area (Å²) in [6.07, 6.45) is 6.79. The van der Waals surface area contributed by atoms with Crippen LogP contribution in [-0.4, -0.2) is 20.8 Å². The van der Waals surface area contributed by atoms with Gasteiger partial charge in [-0.3, -0.25) is 0 Å². The minimum atomic E-state index is -0.319. The van der Waals surface area contributed by atoms with Gasteiger partial charge in [0.05, 0.1) is 23.7 Å². The molecule has 0 bridgehead atoms. The average molecular weight is 195 g/mol. The van der Waals surface area contributed by atoms with Gasteiger partial charge in [0.2, 0.25) is 0 Å². The Morgan fingerprint density at radius 3 is 2.71 bits per heavy atom. The minimum absolute atomic E-state index is 0.171. The Kier molecular flexibility index (Phi) is 2.33. The first kappa shape index (κ1) is 9.68. The number of aryl methyl sites for hydroxylation is 1. The molecule has 1 aliphatic carbocycles. The van der Waals surface area contributed by atoms with Crippen molar-refractivity contribution in [3.8, 4) is 0 Å². The van der Waals surface area contributed by atoms with Crippen molar-refractivity contribution in [1.82, 2.24) is 9.55 Å². The van der Waals surface area contributed by atoms with Crippen LogP contribution in [0.1, 0.15) is 31.4 Å². The summed E-state index contributed by atoms with van der Waals surface area (Å²) in [4.78, 5) is 4.29. The van der Waals surface area contributed by atoms with Gasteiger partial charge in [-0.1, -0.05) is 0 Å². The molecule has 1 fully saturated rings. The van der Waals surface area contributed by atoms with Crippen LogP contribution in [0.5, 0.6) is 0 Å². The van der Waals surface area contributed by atoms with Crippen LogP contribution in [0.4, 0.5) is 0 Å². The fourth-order valence-electron chi connectivity index (χ4n) is 2.04. The average Bonchev–Trinajstić information content (AvgIpc) is 2.58. The van der Waals surface area contributed by atoms with Gasteiger partial charge in [-0.15, -0.1) is 0 Å². The Morgan fingerprint density at radius 2 is 2.21 bits per heavy atom. The van der Waals surface area contributed by atoms with Gasteiger partial charge >= 0.3 is 0 Å². The maximum Gasteiger partial charge on any atom is 0.0947 e. The lowest BCUT2D eigenvalue weighted by Crippen LogP contribution is -2.41. The van der Waals surface area contributed by atoms with E-state index in [-0.39, 0.29) is 11.6 Å². The third-order valence-electron chi connectivity index (χ3n) is 3.06. The molecule has 1 aromatic heterocycles. The van der Waals surface area contributed by atoms with Crippen molar-refractivity contribution >= 4 is 0 Å². The molecule has 1 saturated carbocycles. The number of aliphatic hydroxyl groups is 1. The molecule has 0 aliphatic heterocycles. The molecule has 4 nitrogen and oxygen atoms in total. The van der Waals surface area contributed by atoms with Crippen molar-refractivity contribution in [2.24, 2.45) is 12.8 Å². The zero-order chi connectivity index (χ0) is 10.2. The first-order chi connectivity index (χ1) is 6.60. The molecule has 14 heavy (non-hydrogen) atoms. The summed E-state index contributed by atoms with van der Waals surface area (Å²) in [6.45, 7) is 0. The Labute approximate surface area is 83.8 Å². The molecule has 1 aromatic rings. The highest BCUT2D eigenvalue weighted by Gasteiger charge is 2.34. The minimum Gasteiger partial charge on any atom is -0.393 e. The summed E-state index contributed by atoms with van der Waals surface area (Å²) < 4.78 is 1.91. The number of aromatic nitrogens is 2. The number of nitrogens with two attached hydrogens (primary N) is 1. The van der Waals surface area contributed by atoms with Crippen molar-refractivity contribution < 1.29 is 5.11 Å². The number of rotatable bonds is 1. The lowest BCUT2D eigenvalue weighted by atomic mass is 9.79. The molecule has 0 atom stereocenters. The van der Waals surface area contributed by atoms with Crippen LogP contribution >= 0.6 is 0 Å². The fraction of sp³-hybridized carbons (Fsp3) is 0.700. The summed E-state index contributed by atoms with van der Waals surface area (Å²) in [7, 11) is 1.94. The lowest BCUT2D eigenvalue weighted by Gasteiger charge is -2.34. The third kappa shape index (κ3) is 1.67. The van der Waals surface area contributed by atoms with E-state index in [1.165, 1.54) is 0 Å². The zero-order valence-electron chi connectivity index (χ0n) is 8.48. The number of nitrogens with zero attached hydrogens (tertiary/aromatic N) is 2. The normalized spacial score (nSPS) is 33.2. The summed E-state index contributed by atoms with van der Waals surface area (Å²) >= 11 is 0. The fourth-order valence-corrected chi connectivity index (χ4v) is 2.04. The monoisotopic (exact) mass is 195 g/mol. The summed E-state index contributed by atoms with van der Waals surface area (Å²) in [5, 5.41) is 9.41. The van der Waals surface area contributed by atoms with Crippen LogP contribution in [0.3, 0.4) is 0 Å².